The molecule has 3 rings (SSSR count). The molecule has 1 unspecified atom stereocenters. The molecule has 8 nitrogen and oxygen atoms in total. The maximum Gasteiger partial charge on any atom is 0.419 e. The molecule has 0 aliphatic carbocycles. The zero-order valence-electron chi connectivity index (χ0n) is 18.9. The van der Waals surface area contributed by atoms with Gasteiger partial charge in [0.05, 0.1) is 11.9 Å². The van der Waals surface area contributed by atoms with E-state index < -0.39 is 29.8 Å². The minimum absolute atomic E-state index is 0.0738. The number of ether oxygens (including phenoxy) is 2. The van der Waals surface area contributed by atoms with E-state index in [0.717, 1.165) is 10.9 Å². The highest BCUT2D eigenvalue weighted by Gasteiger charge is 2.23. The van der Waals surface area contributed by atoms with Crippen LogP contribution >= 0.6 is 0 Å². The second-order valence-electron chi connectivity index (χ2n) is 8.73. The average Bonchev–Trinajstić information content (AvgIpc) is 3.10. The number of hydrogen-bond acceptors (Lipinski definition) is 5. The summed E-state index contributed by atoms with van der Waals surface area (Å²) in [6, 6.07) is 15.7. The van der Waals surface area contributed by atoms with Gasteiger partial charge in [0.2, 0.25) is 0 Å². The van der Waals surface area contributed by atoms with Crippen molar-refractivity contribution >= 4 is 29.1 Å². The van der Waals surface area contributed by atoms with Gasteiger partial charge in [-0.2, -0.15) is 0 Å². The summed E-state index contributed by atoms with van der Waals surface area (Å²) in [6.07, 6.45) is 0.288. The number of fused-ring (bicyclic) bond motifs is 1. The van der Waals surface area contributed by atoms with Crippen molar-refractivity contribution in [2.75, 3.05) is 0 Å². The van der Waals surface area contributed by atoms with Crippen LogP contribution in [0.3, 0.4) is 0 Å². The fourth-order valence-corrected chi connectivity index (χ4v) is 3.46. The fourth-order valence-electron chi connectivity index (χ4n) is 3.46. The normalized spacial score (nSPS) is 12.2. The molecule has 2 aromatic carbocycles. The first-order valence-electron chi connectivity index (χ1n) is 10.6. The zero-order valence-corrected chi connectivity index (χ0v) is 18.9. The van der Waals surface area contributed by atoms with Gasteiger partial charge in [-0.15, -0.1) is 0 Å². The number of benzene rings is 2. The second-order valence-corrected chi connectivity index (χ2v) is 8.73. The van der Waals surface area contributed by atoms with Crippen LogP contribution in [0.1, 0.15) is 38.3 Å². The summed E-state index contributed by atoms with van der Waals surface area (Å²) in [5, 5.41) is 12.8. The van der Waals surface area contributed by atoms with Crippen LogP contribution in [0.15, 0.2) is 60.8 Å². The summed E-state index contributed by atoms with van der Waals surface area (Å²) in [4.78, 5) is 36.5. The molecule has 0 aliphatic heterocycles. The Kier molecular flexibility index (Phi) is 7.37. The number of carbonyl (C=O) groups excluding carboxylic acids is 2. The van der Waals surface area contributed by atoms with Crippen molar-refractivity contribution in [3.05, 3.63) is 71.9 Å². The number of nitrogens with zero attached hydrogens (tertiary/aromatic N) is 1. The highest BCUT2D eigenvalue weighted by molar-refractivity contribution is 5.92. The number of para-hydroxylation sites is 1. The summed E-state index contributed by atoms with van der Waals surface area (Å²) < 4.78 is 12.1. The van der Waals surface area contributed by atoms with E-state index in [2.05, 4.69) is 5.32 Å². The first-order chi connectivity index (χ1) is 15.6. The fraction of sp³-hybridized carbons (Fsp3) is 0.320. The first-order valence-corrected chi connectivity index (χ1v) is 10.6. The highest BCUT2D eigenvalue weighted by Crippen LogP contribution is 2.24. The number of aromatic nitrogens is 1. The monoisotopic (exact) mass is 452 g/mol. The van der Waals surface area contributed by atoms with Gasteiger partial charge in [-0.25, -0.2) is 9.59 Å². The van der Waals surface area contributed by atoms with Gasteiger partial charge >= 0.3 is 18.2 Å². The Morgan fingerprint density at radius 2 is 1.70 bits per heavy atom. The lowest BCUT2D eigenvalue weighted by molar-refractivity contribution is -0.137. The first kappa shape index (κ1) is 23.8. The third kappa shape index (κ3) is 6.83. The molecule has 1 amide bonds. The van der Waals surface area contributed by atoms with Crippen LogP contribution in [0.2, 0.25) is 0 Å². The van der Waals surface area contributed by atoms with Crippen LogP contribution in [0.25, 0.3) is 10.9 Å². The van der Waals surface area contributed by atoms with E-state index >= 15 is 0 Å². The molecule has 0 fully saturated rings. The molecule has 8 heteroatoms. The van der Waals surface area contributed by atoms with Crippen LogP contribution in [-0.2, 0) is 27.3 Å². The topological polar surface area (TPSA) is 107 Å². The molecule has 0 radical (unpaired) electrons. The lowest BCUT2D eigenvalue weighted by atomic mass is 10.0. The maximum absolute atomic E-state index is 12.7. The SMILES string of the molecule is CC(C)(C)OC(=O)n1cc(CC(CC(=O)O)NC(=O)OCc2ccccc2)c2ccccc21. The molecule has 0 bridgehead atoms. The van der Waals surface area contributed by atoms with Crippen molar-refractivity contribution in [2.45, 2.75) is 51.9 Å². The van der Waals surface area contributed by atoms with E-state index in [-0.39, 0.29) is 19.4 Å². The number of nitrogens with one attached hydrogen (secondary N) is 1. The quantitative estimate of drug-likeness (QED) is 0.536. The van der Waals surface area contributed by atoms with Crippen molar-refractivity contribution in [1.29, 1.82) is 0 Å². The average molecular weight is 453 g/mol. The van der Waals surface area contributed by atoms with Gasteiger partial charge in [-0.1, -0.05) is 48.5 Å². The highest BCUT2D eigenvalue weighted by atomic mass is 16.6. The molecular formula is C25H28N2O6. The van der Waals surface area contributed by atoms with E-state index in [1.54, 1.807) is 39.1 Å². The number of rotatable bonds is 7. The lowest BCUT2D eigenvalue weighted by Crippen LogP contribution is -2.38. The van der Waals surface area contributed by atoms with Gasteiger partial charge in [0.25, 0.3) is 0 Å². The van der Waals surface area contributed by atoms with Crippen LogP contribution in [0.4, 0.5) is 9.59 Å². The van der Waals surface area contributed by atoms with E-state index in [1.165, 1.54) is 4.57 Å². The maximum atomic E-state index is 12.7. The third-order valence-electron chi connectivity index (χ3n) is 4.81. The van der Waals surface area contributed by atoms with Crippen LogP contribution in [-0.4, -0.2) is 39.5 Å². The van der Waals surface area contributed by atoms with Crippen molar-refractivity contribution in [1.82, 2.24) is 9.88 Å². The van der Waals surface area contributed by atoms with Gasteiger partial charge in [-0.3, -0.25) is 9.36 Å². The Morgan fingerprint density at radius 3 is 2.36 bits per heavy atom. The molecule has 1 heterocycles. The molecule has 1 aromatic heterocycles. The second kappa shape index (κ2) is 10.2. The Labute approximate surface area is 192 Å². The summed E-state index contributed by atoms with van der Waals surface area (Å²) in [6.45, 7) is 5.42. The number of carboxylic acid groups (broad SMARTS) is 1. The van der Waals surface area contributed by atoms with Crippen LogP contribution in [0, 0.1) is 0 Å². The lowest BCUT2D eigenvalue weighted by Gasteiger charge is -2.19. The van der Waals surface area contributed by atoms with Gasteiger partial charge in [-0.05, 0) is 44.4 Å². The summed E-state index contributed by atoms with van der Waals surface area (Å²) in [5.41, 5.74) is 1.51. The molecule has 174 valence electrons. The van der Waals surface area contributed by atoms with Crippen molar-refractivity contribution in [3.63, 3.8) is 0 Å². The molecular weight excluding hydrogens is 424 g/mol. The molecule has 2 N–H and O–H groups in total. The standard InChI is InChI=1S/C25H28N2O6/c1-25(2,3)33-24(31)27-15-18(20-11-7-8-12-21(20)27)13-19(14-22(28)29)26-23(30)32-16-17-9-5-4-6-10-17/h4-12,15,19H,13-14,16H2,1-3H3,(H,26,30)(H,28,29). The Morgan fingerprint density at radius 1 is 1.03 bits per heavy atom. The molecule has 1 atom stereocenters. The number of hydrogen-bond donors (Lipinski definition) is 2. The van der Waals surface area contributed by atoms with Crippen LogP contribution < -0.4 is 5.32 Å². The zero-order chi connectivity index (χ0) is 24.0. The smallest absolute Gasteiger partial charge is 0.419 e. The largest absolute Gasteiger partial charge is 0.481 e. The van der Waals surface area contributed by atoms with Crippen molar-refractivity contribution in [2.24, 2.45) is 0 Å². The molecule has 33 heavy (non-hydrogen) atoms. The number of alkyl carbamates (subject to hydrolysis) is 1. The number of carbonyl (C=O) groups is 3. The summed E-state index contributed by atoms with van der Waals surface area (Å²) >= 11 is 0. The van der Waals surface area contributed by atoms with Gasteiger partial charge in [0.1, 0.15) is 12.2 Å². The van der Waals surface area contributed by atoms with Gasteiger partial charge in [0.15, 0.2) is 0 Å². The Bertz CT molecular complexity index is 1130. The van der Waals surface area contributed by atoms with E-state index in [0.29, 0.717) is 11.1 Å². The van der Waals surface area contributed by atoms with Crippen molar-refractivity contribution in [3.8, 4) is 0 Å². The summed E-state index contributed by atoms with van der Waals surface area (Å²) in [7, 11) is 0. The van der Waals surface area contributed by atoms with Crippen molar-refractivity contribution < 1.29 is 29.0 Å². The van der Waals surface area contributed by atoms with E-state index in [4.69, 9.17) is 9.47 Å². The molecule has 0 spiro atoms. The molecule has 0 saturated carbocycles. The number of carboxylic acids is 1. The van der Waals surface area contributed by atoms with Gasteiger partial charge in [0, 0.05) is 17.6 Å². The molecule has 0 saturated heterocycles. The third-order valence-corrected chi connectivity index (χ3v) is 4.81. The Balaban J connectivity index is 1.78. The summed E-state index contributed by atoms with van der Waals surface area (Å²) in [5.74, 6) is -1.06. The number of amides is 1. The van der Waals surface area contributed by atoms with E-state index in [9.17, 15) is 19.5 Å². The van der Waals surface area contributed by atoms with E-state index in [1.807, 2.05) is 42.5 Å². The number of aliphatic carboxylic acids is 1. The molecule has 3 aromatic rings. The minimum Gasteiger partial charge on any atom is -0.481 e. The van der Waals surface area contributed by atoms with Crippen LogP contribution in [0.5, 0.6) is 0 Å². The molecule has 0 aliphatic rings. The predicted octanol–water partition coefficient (Wildman–Crippen LogP) is 4.74. The minimum atomic E-state index is -1.06. The predicted molar refractivity (Wildman–Crippen MR) is 123 cm³/mol. The van der Waals surface area contributed by atoms with Gasteiger partial charge < -0.3 is 19.9 Å². The Hall–Kier alpha value is -3.81.